The number of esters is 1. The molecular formula is C24H26N2O5S2. The zero-order valence-electron chi connectivity index (χ0n) is 18.7. The Kier molecular flexibility index (Phi) is 6.56. The first kappa shape index (κ1) is 23.4. The maximum absolute atomic E-state index is 13.1. The molecular weight excluding hydrogens is 460 g/mol. The molecule has 3 aromatic rings. The lowest BCUT2D eigenvalue weighted by Crippen LogP contribution is -2.42. The average molecular weight is 487 g/mol. The smallest absolute Gasteiger partial charge is 0.350 e. The monoisotopic (exact) mass is 486 g/mol. The Morgan fingerprint density at radius 1 is 1.03 bits per heavy atom. The third-order valence-corrected chi connectivity index (χ3v) is 8.79. The van der Waals surface area contributed by atoms with E-state index in [-0.39, 0.29) is 4.90 Å². The second-order valence-electron chi connectivity index (χ2n) is 8.54. The van der Waals surface area contributed by atoms with Crippen LogP contribution in [-0.4, -0.2) is 44.8 Å². The number of carbonyl (C=O) groups is 2. The summed E-state index contributed by atoms with van der Waals surface area (Å²) in [5.41, 5.74) is 0.681. The van der Waals surface area contributed by atoms with Gasteiger partial charge < -0.3 is 10.1 Å². The van der Waals surface area contributed by atoms with Crippen LogP contribution in [0.5, 0.6) is 0 Å². The van der Waals surface area contributed by atoms with Gasteiger partial charge in [0.2, 0.25) is 10.0 Å². The standard InChI is InChI=1S/C24H26N2O5S2/c1-15-12-16(2)14-26(13-15)33(29,30)18-10-8-17(9-11-18)23(27)25-21-19-6-4-5-7-20(19)32-22(21)24(28)31-3/h4-11,15-16H,12-14H2,1-3H3,(H,25,27)/t15-,16-/m1/s1. The summed E-state index contributed by atoms with van der Waals surface area (Å²) in [7, 11) is -2.34. The summed E-state index contributed by atoms with van der Waals surface area (Å²) < 4.78 is 33.4. The predicted molar refractivity (Wildman–Crippen MR) is 129 cm³/mol. The van der Waals surface area contributed by atoms with E-state index in [1.54, 1.807) is 0 Å². The third kappa shape index (κ3) is 4.66. The number of fused-ring (bicyclic) bond motifs is 1. The molecule has 0 spiro atoms. The van der Waals surface area contributed by atoms with Gasteiger partial charge in [-0.25, -0.2) is 13.2 Å². The van der Waals surface area contributed by atoms with E-state index in [0.29, 0.717) is 41.1 Å². The van der Waals surface area contributed by atoms with Crippen LogP contribution in [0, 0.1) is 11.8 Å². The average Bonchev–Trinajstić information content (AvgIpc) is 3.16. The maximum Gasteiger partial charge on any atom is 0.350 e. The van der Waals surface area contributed by atoms with Crippen molar-refractivity contribution in [2.24, 2.45) is 11.8 Å². The number of ether oxygens (including phenoxy) is 1. The molecule has 0 bridgehead atoms. The molecule has 1 aliphatic rings. The van der Waals surface area contributed by atoms with Crippen LogP contribution in [-0.2, 0) is 14.8 Å². The highest BCUT2D eigenvalue weighted by Crippen LogP contribution is 2.36. The first-order chi connectivity index (χ1) is 15.7. The van der Waals surface area contributed by atoms with E-state index >= 15 is 0 Å². The Hall–Kier alpha value is -2.75. The van der Waals surface area contributed by atoms with Crippen LogP contribution in [0.3, 0.4) is 0 Å². The van der Waals surface area contributed by atoms with Crippen LogP contribution in [0.4, 0.5) is 5.69 Å². The molecule has 4 rings (SSSR count). The number of nitrogens with one attached hydrogen (secondary N) is 1. The van der Waals surface area contributed by atoms with E-state index in [2.05, 4.69) is 19.2 Å². The van der Waals surface area contributed by atoms with E-state index in [4.69, 9.17) is 4.74 Å². The fourth-order valence-corrected chi connectivity index (χ4v) is 7.08. The highest BCUT2D eigenvalue weighted by molar-refractivity contribution is 7.89. The lowest BCUT2D eigenvalue weighted by atomic mass is 9.94. The summed E-state index contributed by atoms with van der Waals surface area (Å²) in [5.74, 6) is -0.359. The molecule has 0 saturated carbocycles. The Balaban J connectivity index is 1.58. The van der Waals surface area contributed by atoms with Crippen molar-refractivity contribution in [3.63, 3.8) is 0 Å². The van der Waals surface area contributed by atoms with Gasteiger partial charge >= 0.3 is 5.97 Å². The molecule has 174 valence electrons. The van der Waals surface area contributed by atoms with Gasteiger partial charge in [-0.05, 0) is 48.6 Å². The van der Waals surface area contributed by atoms with Crippen molar-refractivity contribution in [3.8, 4) is 0 Å². The number of rotatable bonds is 5. The van der Waals surface area contributed by atoms with E-state index in [9.17, 15) is 18.0 Å². The Bertz CT molecular complexity index is 1290. The van der Waals surface area contributed by atoms with Crippen LogP contribution in [0.25, 0.3) is 10.1 Å². The number of piperidine rings is 1. The van der Waals surface area contributed by atoms with Crippen LogP contribution in [0.2, 0.25) is 0 Å². The first-order valence-electron chi connectivity index (χ1n) is 10.7. The molecule has 1 amide bonds. The molecule has 1 N–H and O–H groups in total. The second kappa shape index (κ2) is 9.24. The number of amides is 1. The van der Waals surface area contributed by atoms with Gasteiger partial charge in [0.25, 0.3) is 5.91 Å². The zero-order chi connectivity index (χ0) is 23.8. The van der Waals surface area contributed by atoms with Crippen LogP contribution in [0.1, 0.15) is 40.3 Å². The fraction of sp³-hybridized carbons (Fsp3) is 0.333. The lowest BCUT2D eigenvalue weighted by Gasteiger charge is -2.34. The Labute approximate surface area is 197 Å². The lowest BCUT2D eigenvalue weighted by molar-refractivity contribution is 0.0607. The number of methoxy groups -OCH3 is 1. The van der Waals surface area contributed by atoms with Crippen molar-refractivity contribution in [1.29, 1.82) is 0 Å². The number of nitrogens with zero attached hydrogens (tertiary/aromatic N) is 1. The second-order valence-corrected chi connectivity index (χ2v) is 11.5. The van der Waals surface area contributed by atoms with Crippen molar-refractivity contribution in [3.05, 3.63) is 59.0 Å². The van der Waals surface area contributed by atoms with Crippen molar-refractivity contribution < 1.29 is 22.7 Å². The minimum absolute atomic E-state index is 0.164. The van der Waals surface area contributed by atoms with E-state index in [1.807, 2.05) is 24.3 Å². The van der Waals surface area contributed by atoms with Crippen LogP contribution < -0.4 is 5.32 Å². The van der Waals surface area contributed by atoms with Crippen molar-refractivity contribution in [2.75, 3.05) is 25.5 Å². The molecule has 1 aliphatic heterocycles. The molecule has 2 aromatic carbocycles. The summed E-state index contributed by atoms with van der Waals surface area (Å²) in [6, 6.07) is 13.3. The van der Waals surface area contributed by atoms with Gasteiger partial charge in [0, 0.05) is 28.7 Å². The number of anilines is 1. The number of hydrogen-bond acceptors (Lipinski definition) is 6. The van der Waals surface area contributed by atoms with Gasteiger partial charge in [0.15, 0.2) is 0 Å². The summed E-state index contributed by atoms with van der Waals surface area (Å²) in [5, 5.41) is 3.55. The molecule has 1 saturated heterocycles. The summed E-state index contributed by atoms with van der Waals surface area (Å²) in [6.07, 6.45) is 1.01. The third-order valence-electron chi connectivity index (χ3n) is 5.79. The molecule has 0 radical (unpaired) electrons. The van der Waals surface area contributed by atoms with Gasteiger partial charge in [-0.15, -0.1) is 11.3 Å². The quantitative estimate of drug-likeness (QED) is 0.532. The molecule has 2 heterocycles. The minimum atomic E-state index is -3.63. The van der Waals surface area contributed by atoms with E-state index in [0.717, 1.165) is 16.5 Å². The number of sulfonamides is 1. The van der Waals surface area contributed by atoms with E-state index < -0.39 is 21.9 Å². The predicted octanol–water partition coefficient (Wildman–Crippen LogP) is 4.61. The van der Waals surface area contributed by atoms with Crippen LogP contribution in [0.15, 0.2) is 53.4 Å². The topological polar surface area (TPSA) is 92.8 Å². The highest BCUT2D eigenvalue weighted by atomic mass is 32.2. The molecule has 0 unspecified atom stereocenters. The molecule has 1 aromatic heterocycles. The number of benzene rings is 2. The number of thiophene rings is 1. The molecule has 7 nitrogen and oxygen atoms in total. The van der Waals surface area contributed by atoms with Gasteiger partial charge in [-0.3, -0.25) is 4.79 Å². The van der Waals surface area contributed by atoms with Crippen molar-refractivity contribution >= 4 is 49.0 Å². The fourth-order valence-electron chi connectivity index (χ4n) is 4.32. The van der Waals surface area contributed by atoms with Gasteiger partial charge in [0.05, 0.1) is 17.7 Å². The van der Waals surface area contributed by atoms with Crippen LogP contribution >= 0.6 is 11.3 Å². The minimum Gasteiger partial charge on any atom is -0.465 e. The van der Waals surface area contributed by atoms with Gasteiger partial charge in [0.1, 0.15) is 4.88 Å². The normalized spacial score (nSPS) is 19.4. The Morgan fingerprint density at radius 3 is 2.30 bits per heavy atom. The Morgan fingerprint density at radius 2 is 1.67 bits per heavy atom. The SMILES string of the molecule is COC(=O)c1sc2ccccc2c1NC(=O)c1ccc(S(=O)(=O)N2C[C@H](C)C[C@@H](C)C2)cc1. The highest BCUT2D eigenvalue weighted by Gasteiger charge is 2.31. The largest absolute Gasteiger partial charge is 0.465 e. The molecule has 1 fully saturated rings. The maximum atomic E-state index is 13.1. The zero-order valence-corrected chi connectivity index (χ0v) is 20.3. The first-order valence-corrected chi connectivity index (χ1v) is 13.0. The van der Waals surface area contributed by atoms with Gasteiger partial charge in [-0.1, -0.05) is 32.0 Å². The number of hydrogen-bond donors (Lipinski definition) is 1. The van der Waals surface area contributed by atoms with Crippen molar-refractivity contribution in [1.82, 2.24) is 4.31 Å². The van der Waals surface area contributed by atoms with Crippen molar-refractivity contribution in [2.45, 2.75) is 25.2 Å². The summed E-state index contributed by atoms with van der Waals surface area (Å²) >= 11 is 1.24. The van der Waals surface area contributed by atoms with Gasteiger partial charge in [-0.2, -0.15) is 4.31 Å². The summed E-state index contributed by atoms with van der Waals surface area (Å²) in [6.45, 7) is 5.11. The molecule has 33 heavy (non-hydrogen) atoms. The molecule has 9 heteroatoms. The van der Waals surface area contributed by atoms with E-state index in [1.165, 1.54) is 47.0 Å². The molecule has 0 aliphatic carbocycles. The summed E-state index contributed by atoms with van der Waals surface area (Å²) in [4.78, 5) is 25.7. The number of carbonyl (C=O) groups excluding carboxylic acids is 2. The molecule has 2 atom stereocenters.